The Morgan fingerprint density at radius 2 is 2.04 bits per heavy atom. The molecular weight excluding hydrogens is 288 g/mol. The number of carbonyl (C=O) groups excluding carboxylic acids is 1. The monoisotopic (exact) mass is 306 g/mol. The van der Waals surface area contributed by atoms with E-state index in [9.17, 15) is 4.79 Å². The van der Waals surface area contributed by atoms with Gasteiger partial charge in [0.2, 0.25) is 5.91 Å². The smallest absolute Gasteiger partial charge is 0.221 e. The van der Waals surface area contributed by atoms with Crippen molar-refractivity contribution in [2.75, 3.05) is 5.32 Å². The fourth-order valence-corrected chi connectivity index (χ4v) is 3.40. The van der Waals surface area contributed by atoms with Crippen LogP contribution in [0.1, 0.15) is 19.7 Å². The minimum Gasteiger partial charge on any atom is -0.342 e. The van der Waals surface area contributed by atoms with Crippen molar-refractivity contribution in [3.05, 3.63) is 36.2 Å². The lowest BCUT2D eigenvalue weighted by atomic mass is 10.1. The molecule has 0 fully saturated rings. The van der Waals surface area contributed by atoms with Crippen LogP contribution in [0.25, 0.3) is 32.8 Å². The van der Waals surface area contributed by atoms with Gasteiger partial charge in [-0.2, -0.15) is 0 Å². The molecule has 0 saturated carbocycles. The normalized spacial score (nSPS) is 11.6. The molecule has 0 unspecified atom stereocenters. The largest absolute Gasteiger partial charge is 0.342 e. The number of benzene rings is 2. The number of aryl methyl sites for hydroxylation is 2. The lowest BCUT2D eigenvalue weighted by Crippen LogP contribution is -2.05. The average Bonchev–Trinajstić information content (AvgIpc) is 3.02. The van der Waals surface area contributed by atoms with Crippen molar-refractivity contribution in [2.45, 2.75) is 27.3 Å². The summed E-state index contributed by atoms with van der Waals surface area (Å²) >= 11 is 0. The van der Waals surface area contributed by atoms with Crippen LogP contribution in [0.5, 0.6) is 0 Å². The maximum Gasteiger partial charge on any atom is 0.221 e. The number of aromatic amines is 1. The number of nitrogens with zero attached hydrogens (tertiary/aromatic N) is 2. The minimum absolute atomic E-state index is 0.0654. The van der Waals surface area contributed by atoms with E-state index in [-0.39, 0.29) is 5.91 Å². The topological polar surface area (TPSA) is 62.7 Å². The zero-order chi connectivity index (χ0) is 16.1. The van der Waals surface area contributed by atoms with Crippen molar-refractivity contribution < 1.29 is 4.79 Å². The molecule has 4 rings (SSSR count). The van der Waals surface area contributed by atoms with Crippen LogP contribution in [0.4, 0.5) is 5.69 Å². The van der Waals surface area contributed by atoms with Crippen molar-refractivity contribution in [3.8, 4) is 0 Å². The van der Waals surface area contributed by atoms with Crippen LogP contribution in [0.15, 0.2) is 30.3 Å². The Bertz CT molecular complexity index is 1070. The number of H-pyrrole nitrogens is 1. The Morgan fingerprint density at radius 3 is 2.78 bits per heavy atom. The molecule has 4 aromatic rings. The third-order valence-electron chi connectivity index (χ3n) is 4.24. The van der Waals surface area contributed by atoms with Crippen molar-refractivity contribution in [2.24, 2.45) is 0 Å². The minimum atomic E-state index is -0.0654. The molecule has 0 aliphatic rings. The van der Waals surface area contributed by atoms with Crippen LogP contribution in [0, 0.1) is 6.92 Å². The second-order valence-electron chi connectivity index (χ2n) is 5.84. The molecule has 1 amide bonds. The zero-order valence-electron chi connectivity index (χ0n) is 13.4. The van der Waals surface area contributed by atoms with Crippen molar-refractivity contribution in [3.63, 3.8) is 0 Å². The van der Waals surface area contributed by atoms with Gasteiger partial charge in [-0.1, -0.05) is 0 Å². The highest BCUT2D eigenvalue weighted by Crippen LogP contribution is 2.35. The van der Waals surface area contributed by atoms with Crippen LogP contribution in [0.2, 0.25) is 0 Å². The maximum absolute atomic E-state index is 11.4. The van der Waals surface area contributed by atoms with Gasteiger partial charge in [-0.15, -0.1) is 0 Å². The maximum atomic E-state index is 11.4. The van der Waals surface area contributed by atoms with Gasteiger partial charge in [0.05, 0.1) is 16.6 Å². The van der Waals surface area contributed by atoms with Crippen LogP contribution in [-0.4, -0.2) is 20.4 Å². The van der Waals surface area contributed by atoms with E-state index >= 15 is 0 Å². The molecule has 2 N–H and O–H groups in total. The van der Waals surface area contributed by atoms with Crippen molar-refractivity contribution in [1.29, 1.82) is 0 Å². The number of rotatable bonds is 2. The lowest BCUT2D eigenvalue weighted by Gasteiger charge is -2.04. The molecule has 0 bridgehead atoms. The van der Waals surface area contributed by atoms with Crippen LogP contribution >= 0.6 is 0 Å². The summed E-state index contributed by atoms with van der Waals surface area (Å²) in [6.07, 6.45) is 0. The van der Waals surface area contributed by atoms with Crippen molar-refractivity contribution in [1.82, 2.24) is 14.5 Å². The Balaban J connectivity index is 2.16. The zero-order valence-corrected chi connectivity index (χ0v) is 13.4. The van der Waals surface area contributed by atoms with Gasteiger partial charge in [-0.3, -0.25) is 4.79 Å². The Labute approximate surface area is 133 Å². The first-order valence-electron chi connectivity index (χ1n) is 7.77. The summed E-state index contributed by atoms with van der Waals surface area (Å²) in [6.45, 7) is 6.51. The number of aromatic nitrogens is 3. The number of hydrogen-bond acceptors (Lipinski definition) is 2. The summed E-state index contributed by atoms with van der Waals surface area (Å²) in [4.78, 5) is 19.3. The van der Waals surface area contributed by atoms with Gasteiger partial charge in [-0.05, 0) is 44.2 Å². The molecule has 2 aromatic heterocycles. The molecule has 116 valence electrons. The summed E-state index contributed by atoms with van der Waals surface area (Å²) in [6, 6.07) is 10.3. The number of amides is 1. The molecule has 0 radical (unpaired) electrons. The summed E-state index contributed by atoms with van der Waals surface area (Å²) < 4.78 is 2.28. The number of anilines is 1. The fraction of sp³-hybridized carbons (Fsp3) is 0.222. The molecule has 0 atom stereocenters. The second kappa shape index (κ2) is 4.84. The Hall–Kier alpha value is -2.82. The van der Waals surface area contributed by atoms with E-state index in [4.69, 9.17) is 0 Å². The van der Waals surface area contributed by atoms with Gasteiger partial charge in [0.25, 0.3) is 0 Å². The van der Waals surface area contributed by atoms with Crippen LogP contribution in [0.3, 0.4) is 0 Å². The molecule has 5 nitrogen and oxygen atoms in total. The highest BCUT2D eigenvalue weighted by molar-refractivity contribution is 6.19. The summed E-state index contributed by atoms with van der Waals surface area (Å²) in [5, 5.41) is 5.12. The predicted octanol–water partition coefficient (Wildman–Crippen LogP) is 3.96. The highest BCUT2D eigenvalue weighted by atomic mass is 16.1. The molecule has 0 saturated heterocycles. The second-order valence-corrected chi connectivity index (χ2v) is 5.84. The Kier molecular flexibility index (Phi) is 2.91. The molecular formula is C18H18N4O. The first kappa shape index (κ1) is 13.8. The van der Waals surface area contributed by atoms with Crippen LogP contribution in [-0.2, 0) is 11.3 Å². The summed E-state index contributed by atoms with van der Waals surface area (Å²) in [5.41, 5.74) is 5.16. The molecule has 23 heavy (non-hydrogen) atoms. The van der Waals surface area contributed by atoms with E-state index in [0.717, 1.165) is 45.4 Å². The van der Waals surface area contributed by atoms with Gasteiger partial charge < -0.3 is 14.9 Å². The molecule has 2 aromatic carbocycles. The molecule has 0 spiro atoms. The third-order valence-corrected chi connectivity index (χ3v) is 4.24. The lowest BCUT2D eigenvalue weighted by molar-refractivity contribution is -0.114. The highest BCUT2D eigenvalue weighted by Gasteiger charge is 2.15. The van der Waals surface area contributed by atoms with Crippen molar-refractivity contribution >= 4 is 44.4 Å². The van der Waals surface area contributed by atoms with E-state index in [2.05, 4.69) is 45.0 Å². The predicted molar refractivity (Wildman–Crippen MR) is 93.8 cm³/mol. The number of hydrogen-bond donors (Lipinski definition) is 2. The van der Waals surface area contributed by atoms with E-state index in [1.54, 1.807) is 0 Å². The number of imidazole rings is 1. The van der Waals surface area contributed by atoms with E-state index < -0.39 is 0 Å². The fourth-order valence-electron chi connectivity index (χ4n) is 3.40. The molecule has 0 aliphatic carbocycles. The average molecular weight is 306 g/mol. The number of nitrogens with one attached hydrogen (secondary N) is 2. The first-order valence-corrected chi connectivity index (χ1v) is 7.77. The summed E-state index contributed by atoms with van der Waals surface area (Å²) in [5.74, 6) is 0.840. The van der Waals surface area contributed by atoms with E-state index in [0.29, 0.717) is 0 Å². The number of carbonyl (C=O) groups is 1. The molecule has 5 heteroatoms. The van der Waals surface area contributed by atoms with Gasteiger partial charge in [0.1, 0.15) is 5.82 Å². The number of fused-ring (bicyclic) bond motifs is 5. The quantitative estimate of drug-likeness (QED) is 0.589. The summed E-state index contributed by atoms with van der Waals surface area (Å²) in [7, 11) is 0. The third kappa shape index (κ3) is 2.00. The molecule has 2 heterocycles. The van der Waals surface area contributed by atoms with Gasteiger partial charge >= 0.3 is 0 Å². The Morgan fingerprint density at radius 1 is 1.26 bits per heavy atom. The van der Waals surface area contributed by atoms with Crippen LogP contribution < -0.4 is 5.32 Å². The standard InChI is InChI=1S/C18H18N4O/c1-4-22-15-7-5-12(21-11(3)23)9-13(15)17-16(22)8-6-14-18(17)20-10(2)19-14/h5-9H,4H2,1-3H3,(H,19,20)(H,21,23). The van der Waals surface area contributed by atoms with E-state index in [1.807, 2.05) is 19.1 Å². The molecule has 0 aliphatic heterocycles. The first-order chi connectivity index (χ1) is 11.1. The van der Waals surface area contributed by atoms with E-state index in [1.165, 1.54) is 12.4 Å². The van der Waals surface area contributed by atoms with Gasteiger partial charge in [0.15, 0.2) is 0 Å². The van der Waals surface area contributed by atoms with Gasteiger partial charge in [-0.25, -0.2) is 4.98 Å². The SMILES string of the molecule is CCn1c2ccc(NC(C)=O)cc2c2c3nc(C)[nH]c3ccc21. The van der Waals surface area contributed by atoms with Gasteiger partial charge in [0, 0.05) is 35.4 Å².